The van der Waals surface area contributed by atoms with Crippen molar-refractivity contribution in [2.75, 3.05) is 0 Å². The van der Waals surface area contributed by atoms with Crippen LogP contribution in [0.2, 0.25) is 0 Å². The SMILES string of the molecule is O=C(O)C=CC(=O)O.[Co]. The first-order valence-electron chi connectivity index (χ1n) is 1.77. The van der Waals surface area contributed by atoms with Crippen LogP contribution in [0, 0.1) is 0 Å². The fraction of sp³-hybridized carbons (Fsp3) is 0. The predicted octanol–water partition coefficient (Wildman–Crippen LogP) is -0.291. The summed E-state index contributed by atoms with van der Waals surface area (Å²) in [6.45, 7) is 0. The van der Waals surface area contributed by atoms with Crippen LogP contribution in [-0.4, -0.2) is 22.2 Å². The maximum atomic E-state index is 9.55. The van der Waals surface area contributed by atoms with Crippen LogP contribution in [-0.2, 0) is 26.4 Å². The predicted molar refractivity (Wildman–Crippen MR) is 24.4 cm³/mol. The third-order valence-corrected chi connectivity index (χ3v) is 0.368. The third-order valence-electron chi connectivity index (χ3n) is 0.368. The Kier molecular flexibility index (Phi) is 6.54. The summed E-state index contributed by atoms with van der Waals surface area (Å²) < 4.78 is 0. The van der Waals surface area contributed by atoms with E-state index in [2.05, 4.69) is 0 Å². The number of hydrogen-bond donors (Lipinski definition) is 2. The number of carbonyl (C=O) groups is 2. The maximum absolute atomic E-state index is 9.55. The van der Waals surface area contributed by atoms with Gasteiger partial charge in [-0.2, -0.15) is 0 Å². The van der Waals surface area contributed by atoms with Crippen molar-refractivity contribution in [1.29, 1.82) is 0 Å². The molecule has 0 amide bonds. The minimum Gasteiger partial charge on any atom is -0.478 e. The smallest absolute Gasteiger partial charge is 0.328 e. The number of aliphatic carboxylic acids is 2. The van der Waals surface area contributed by atoms with Gasteiger partial charge in [-0.25, -0.2) is 9.59 Å². The molecule has 9 heavy (non-hydrogen) atoms. The molecular weight excluding hydrogens is 171 g/mol. The molecule has 0 heterocycles. The standard InChI is InChI=1S/C4H4O4.Co/c5-3(6)1-2-4(7)8;/h1-2H,(H,5,6)(H,7,8);. The molecule has 0 atom stereocenters. The van der Waals surface area contributed by atoms with Gasteiger partial charge in [0.25, 0.3) is 0 Å². The van der Waals surface area contributed by atoms with Crippen molar-refractivity contribution in [1.82, 2.24) is 0 Å². The van der Waals surface area contributed by atoms with E-state index in [-0.39, 0.29) is 16.8 Å². The second-order valence-electron chi connectivity index (χ2n) is 1.01. The molecule has 0 bridgehead atoms. The summed E-state index contributed by atoms with van der Waals surface area (Å²) in [7, 11) is 0. The summed E-state index contributed by atoms with van der Waals surface area (Å²) in [6.07, 6.45) is 1.12. The Balaban J connectivity index is 0. The minimum atomic E-state index is -1.26. The normalized spacial score (nSPS) is 8.44. The van der Waals surface area contributed by atoms with E-state index in [1.54, 1.807) is 0 Å². The summed E-state index contributed by atoms with van der Waals surface area (Å²) >= 11 is 0. The topological polar surface area (TPSA) is 74.6 Å². The molecule has 0 aliphatic carbocycles. The number of carboxylic acids is 2. The van der Waals surface area contributed by atoms with Gasteiger partial charge in [-0.05, 0) is 0 Å². The Morgan fingerprint density at radius 2 is 1.22 bits per heavy atom. The van der Waals surface area contributed by atoms with Crippen LogP contribution in [0.25, 0.3) is 0 Å². The maximum Gasteiger partial charge on any atom is 0.328 e. The average molecular weight is 175 g/mol. The van der Waals surface area contributed by atoms with Crippen molar-refractivity contribution >= 4 is 11.9 Å². The van der Waals surface area contributed by atoms with Gasteiger partial charge in [-0.15, -0.1) is 0 Å². The van der Waals surface area contributed by atoms with Crippen molar-refractivity contribution in [2.24, 2.45) is 0 Å². The van der Waals surface area contributed by atoms with E-state index < -0.39 is 11.9 Å². The number of rotatable bonds is 2. The van der Waals surface area contributed by atoms with Gasteiger partial charge in [0.15, 0.2) is 0 Å². The quantitative estimate of drug-likeness (QED) is 0.565. The zero-order valence-electron chi connectivity index (χ0n) is 4.20. The molecule has 0 saturated heterocycles. The van der Waals surface area contributed by atoms with Gasteiger partial charge >= 0.3 is 11.9 Å². The van der Waals surface area contributed by atoms with Crippen LogP contribution in [0.5, 0.6) is 0 Å². The van der Waals surface area contributed by atoms with Gasteiger partial charge in [0.05, 0.1) is 0 Å². The molecule has 5 heteroatoms. The molecule has 0 spiro atoms. The van der Waals surface area contributed by atoms with Crippen LogP contribution in [0.15, 0.2) is 12.2 Å². The first-order valence-corrected chi connectivity index (χ1v) is 1.77. The van der Waals surface area contributed by atoms with Gasteiger partial charge in [0, 0.05) is 28.9 Å². The van der Waals surface area contributed by atoms with E-state index in [9.17, 15) is 9.59 Å². The van der Waals surface area contributed by atoms with E-state index >= 15 is 0 Å². The number of hydrogen-bond acceptors (Lipinski definition) is 2. The Morgan fingerprint density at radius 3 is 1.33 bits per heavy atom. The van der Waals surface area contributed by atoms with Crippen molar-refractivity contribution < 1.29 is 36.6 Å². The Bertz CT molecular complexity index is 124. The van der Waals surface area contributed by atoms with E-state index in [0.29, 0.717) is 12.2 Å². The molecule has 1 radical (unpaired) electrons. The summed E-state index contributed by atoms with van der Waals surface area (Å²) in [4.78, 5) is 19.1. The van der Waals surface area contributed by atoms with Crippen molar-refractivity contribution in [3.05, 3.63) is 12.2 Å². The average Bonchev–Trinajstić information content (AvgIpc) is 1.61. The van der Waals surface area contributed by atoms with Crippen molar-refractivity contribution in [3.63, 3.8) is 0 Å². The molecule has 0 aliphatic heterocycles. The fourth-order valence-corrected chi connectivity index (χ4v) is 0.143. The largest absolute Gasteiger partial charge is 0.478 e. The van der Waals surface area contributed by atoms with Crippen LogP contribution in [0.1, 0.15) is 0 Å². The molecule has 53 valence electrons. The van der Waals surface area contributed by atoms with E-state index in [1.807, 2.05) is 0 Å². The zero-order valence-corrected chi connectivity index (χ0v) is 5.24. The van der Waals surface area contributed by atoms with Gasteiger partial charge in [-0.3, -0.25) is 0 Å². The summed E-state index contributed by atoms with van der Waals surface area (Å²) in [5.41, 5.74) is 0. The van der Waals surface area contributed by atoms with E-state index in [1.165, 1.54) is 0 Å². The summed E-state index contributed by atoms with van der Waals surface area (Å²) in [5, 5.41) is 15.6. The molecule has 2 N–H and O–H groups in total. The van der Waals surface area contributed by atoms with Crippen LogP contribution >= 0.6 is 0 Å². The van der Waals surface area contributed by atoms with Gasteiger partial charge in [0.1, 0.15) is 0 Å². The minimum absolute atomic E-state index is 0. The Morgan fingerprint density at radius 1 is 1.00 bits per heavy atom. The molecule has 0 aromatic carbocycles. The molecule has 0 saturated carbocycles. The molecule has 0 aliphatic rings. The van der Waals surface area contributed by atoms with E-state index in [4.69, 9.17) is 10.2 Å². The molecule has 0 unspecified atom stereocenters. The molecule has 0 aromatic rings. The second-order valence-corrected chi connectivity index (χ2v) is 1.01. The molecule has 4 nitrogen and oxygen atoms in total. The second kappa shape index (κ2) is 5.33. The van der Waals surface area contributed by atoms with Crippen molar-refractivity contribution in [2.45, 2.75) is 0 Å². The van der Waals surface area contributed by atoms with Crippen LogP contribution in [0.4, 0.5) is 0 Å². The monoisotopic (exact) mass is 175 g/mol. The molecule has 0 rings (SSSR count). The first kappa shape index (κ1) is 11.0. The summed E-state index contributed by atoms with van der Waals surface area (Å²) in [5.74, 6) is -2.51. The van der Waals surface area contributed by atoms with Crippen molar-refractivity contribution in [3.8, 4) is 0 Å². The summed E-state index contributed by atoms with van der Waals surface area (Å²) in [6, 6.07) is 0. The zero-order chi connectivity index (χ0) is 6.57. The van der Waals surface area contributed by atoms with Gasteiger partial charge in [-0.1, -0.05) is 0 Å². The fourth-order valence-electron chi connectivity index (χ4n) is 0.143. The van der Waals surface area contributed by atoms with E-state index in [0.717, 1.165) is 0 Å². The van der Waals surface area contributed by atoms with Gasteiger partial charge < -0.3 is 10.2 Å². The third kappa shape index (κ3) is 11.0. The molecular formula is C4H4CoO4. The molecule has 0 aromatic heterocycles. The Labute approximate surface area is 61.4 Å². The van der Waals surface area contributed by atoms with Gasteiger partial charge in [0.2, 0.25) is 0 Å². The first-order chi connectivity index (χ1) is 3.63. The molecule has 0 fully saturated rings. The number of carboxylic acid groups (broad SMARTS) is 2. The van der Waals surface area contributed by atoms with Crippen LogP contribution < -0.4 is 0 Å². The Hall–Kier alpha value is -0.814. The van der Waals surface area contributed by atoms with Crippen LogP contribution in [0.3, 0.4) is 0 Å².